The number of pyridine rings is 2. The fourth-order valence-corrected chi connectivity index (χ4v) is 2.99. The lowest BCUT2D eigenvalue weighted by atomic mass is 10.0. The smallest absolute Gasteiger partial charge is 0.149 e. The molecule has 128 valence electrons. The average Bonchev–Trinajstić information content (AvgIpc) is 2.70. The molecule has 0 aliphatic heterocycles. The van der Waals surface area contributed by atoms with Crippen molar-refractivity contribution in [2.45, 2.75) is 6.04 Å². The number of nitrogens with zero attached hydrogens (tertiary/aromatic N) is 2. The molecule has 1 N–H and O–H groups in total. The summed E-state index contributed by atoms with van der Waals surface area (Å²) in [7, 11) is 0. The minimum atomic E-state index is -0.556. The van der Waals surface area contributed by atoms with E-state index in [4.69, 9.17) is 0 Å². The Balaban J connectivity index is 1.85. The van der Waals surface area contributed by atoms with Crippen LogP contribution in [0.5, 0.6) is 0 Å². The Morgan fingerprint density at radius 2 is 1.50 bits per heavy atom. The zero-order valence-electron chi connectivity index (χ0n) is 13.7. The quantitative estimate of drug-likeness (QED) is 0.557. The first-order valence-electron chi connectivity index (χ1n) is 8.19. The van der Waals surface area contributed by atoms with Gasteiger partial charge in [0.2, 0.25) is 0 Å². The molecule has 4 aromatic rings. The summed E-state index contributed by atoms with van der Waals surface area (Å²) in [5, 5.41) is 3.44. The van der Waals surface area contributed by atoms with Crippen LogP contribution in [-0.4, -0.2) is 9.97 Å². The molecule has 0 aliphatic carbocycles. The summed E-state index contributed by atoms with van der Waals surface area (Å²) in [6.45, 7) is 0. The van der Waals surface area contributed by atoms with Crippen molar-refractivity contribution in [3.05, 3.63) is 102 Å². The zero-order chi connectivity index (χ0) is 17.9. The second-order valence-electron chi connectivity index (χ2n) is 5.85. The van der Waals surface area contributed by atoms with E-state index in [0.29, 0.717) is 5.69 Å². The maximum atomic E-state index is 14.4. The summed E-state index contributed by atoms with van der Waals surface area (Å²) < 4.78 is 28.5. The van der Waals surface area contributed by atoms with Crippen molar-refractivity contribution in [1.29, 1.82) is 0 Å². The number of aromatic nitrogens is 2. The van der Waals surface area contributed by atoms with Gasteiger partial charge in [-0.05, 0) is 35.9 Å². The van der Waals surface area contributed by atoms with E-state index >= 15 is 0 Å². The molecule has 0 aliphatic rings. The monoisotopic (exact) mass is 347 g/mol. The Hall–Kier alpha value is -3.34. The number of benzene rings is 2. The van der Waals surface area contributed by atoms with Gasteiger partial charge in [0, 0.05) is 18.1 Å². The Morgan fingerprint density at radius 1 is 0.731 bits per heavy atom. The van der Waals surface area contributed by atoms with Gasteiger partial charge in [0.25, 0.3) is 0 Å². The van der Waals surface area contributed by atoms with Crippen LogP contribution in [0.15, 0.2) is 79.1 Å². The maximum absolute atomic E-state index is 14.4. The molecule has 1 unspecified atom stereocenters. The second-order valence-corrected chi connectivity index (χ2v) is 5.85. The van der Waals surface area contributed by atoms with Gasteiger partial charge < -0.3 is 5.32 Å². The maximum Gasteiger partial charge on any atom is 0.149 e. The Kier molecular flexibility index (Phi) is 4.27. The largest absolute Gasteiger partial charge is 0.372 e. The van der Waals surface area contributed by atoms with Crippen molar-refractivity contribution in [2.75, 3.05) is 5.32 Å². The van der Waals surface area contributed by atoms with Crippen molar-refractivity contribution in [3.8, 4) is 0 Å². The van der Waals surface area contributed by atoms with Crippen molar-refractivity contribution in [2.24, 2.45) is 0 Å². The van der Waals surface area contributed by atoms with Gasteiger partial charge in [-0.15, -0.1) is 0 Å². The summed E-state index contributed by atoms with van der Waals surface area (Å²) >= 11 is 0. The molecule has 26 heavy (non-hydrogen) atoms. The Labute approximate surface area is 149 Å². The molecule has 2 aromatic carbocycles. The molecular weight excluding hydrogens is 332 g/mol. The summed E-state index contributed by atoms with van der Waals surface area (Å²) in [4.78, 5) is 8.41. The minimum Gasteiger partial charge on any atom is -0.372 e. The van der Waals surface area contributed by atoms with Gasteiger partial charge >= 0.3 is 0 Å². The van der Waals surface area contributed by atoms with Crippen molar-refractivity contribution < 1.29 is 8.78 Å². The van der Waals surface area contributed by atoms with E-state index in [9.17, 15) is 8.78 Å². The van der Waals surface area contributed by atoms with Gasteiger partial charge in [-0.3, -0.25) is 9.97 Å². The molecule has 0 saturated carbocycles. The van der Waals surface area contributed by atoms with E-state index in [2.05, 4.69) is 15.3 Å². The SMILES string of the molecule is Fc1ccc(F)c2c(NC(c3ccccc3)c3ccccn3)ccnc12. The molecule has 1 atom stereocenters. The topological polar surface area (TPSA) is 37.8 Å². The third kappa shape index (κ3) is 2.99. The first-order valence-corrected chi connectivity index (χ1v) is 8.19. The highest BCUT2D eigenvalue weighted by atomic mass is 19.1. The van der Waals surface area contributed by atoms with Gasteiger partial charge in [-0.1, -0.05) is 36.4 Å². The Bertz CT molecular complexity index is 997. The molecule has 0 spiro atoms. The summed E-state index contributed by atoms with van der Waals surface area (Å²) in [5.74, 6) is -1.08. The van der Waals surface area contributed by atoms with E-state index in [1.807, 2.05) is 48.5 Å². The molecule has 3 nitrogen and oxygen atoms in total. The lowest BCUT2D eigenvalue weighted by Gasteiger charge is -2.21. The lowest BCUT2D eigenvalue weighted by molar-refractivity contribution is 0.615. The molecule has 0 radical (unpaired) electrons. The molecule has 5 heteroatoms. The van der Waals surface area contributed by atoms with E-state index in [1.54, 1.807) is 12.3 Å². The molecule has 4 rings (SSSR count). The number of halogens is 2. The van der Waals surface area contributed by atoms with Crippen LogP contribution in [0.2, 0.25) is 0 Å². The van der Waals surface area contributed by atoms with Crippen LogP contribution < -0.4 is 5.32 Å². The molecule has 2 heterocycles. The first kappa shape index (κ1) is 16.1. The predicted octanol–water partition coefficient (Wildman–Crippen LogP) is 5.11. The van der Waals surface area contributed by atoms with Crippen LogP contribution in [0.3, 0.4) is 0 Å². The molecule has 0 saturated heterocycles. The van der Waals surface area contributed by atoms with Gasteiger partial charge in [0.05, 0.1) is 17.1 Å². The van der Waals surface area contributed by atoms with E-state index < -0.39 is 11.6 Å². The van der Waals surface area contributed by atoms with Crippen LogP contribution in [0.1, 0.15) is 17.3 Å². The number of hydrogen-bond acceptors (Lipinski definition) is 3. The number of anilines is 1. The van der Waals surface area contributed by atoms with Crippen LogP contribution in [-0.2, 0) is 0 Å². The van der Waals surface area contributed by atoms with Crippen molar-refractivity contribution >= 4 is 16.6 Å². The first-order chi connectivity index (χ1) is 12.7. The highest BCUT2D eigenvalue weighted by Gasteiger charge is 2.18. The summed E-state index contributed by atoms with van der Waals surface area (Å²) in [6.07, 6.45) is 3.17. The van der Waals surface area contributed by atoms with Gasteiger partial charge in [0.1, 0.15) is 17.2 Å². The third-order valence-corrected chi connectivity index (χ3v) is 4.21. The van der Waals surface area contributed by atoms with E-state index in [0.717, 1.165) is 23.4 Å². The molecule has 0 amide bonds. The van der Waals surface area contributed by atoms with E-state index in [-0.39, 0.29) is 16.9 Å². The summed E-state index contributed by atoms with van der Waals surface area (Å²) in [6, 6.07) is 18.9. The number of fused-ring (bicyclic) bond motifs is 1. The van der Waals surface area contributed by atoms with Crippen molar-refractivity contribution in [1.82, 2.24) is 9.97 Å². The fraction of sp³-hybridized carbons (Fsp3) is 0.0476. The Morgan fingerprint density at radius 3 is 2.27 bits per heavy atom. The third-order valence-electron chi connectivity index (χ3n) is 4.21. The number of hydrogen-bond donors (Lipinski definition) is 1. The standard InChI is InChI=1S/C21H15F2N3/c22-15-9-10-16(23)21-19(15)17(11-13-25-21)26-20(14-6-2-1-3-7-14)18-8-4-5-12-24-18/h1-13,20H,(H,25,26). The minimum absolute atomic E-state index is 0.00262. The second kappa shape index (κ2) is 6.88. The van der Waals surface area contributed by atoms with Crippen molar-refractivity contribution in [3.63, 3.8) is 0 Å². The van der Waals surface area contributed by atoms with Gasteiger partial charge in [-0.25, -0.2) is 8.78 Å². The van der Waals surface area contributed by atoms with Crippen LogP contribution in [0.4, 0.5) is 14.5 Å². The number of rotatable bonds is 4. The van der Waals surface area contributed by atoms with Crippen LogP contribution in [0.25, 0.3) is 10.9 Å². The highest BCUT2D eigenvalue weighted by molar-refractivity contribution is 5.92. The normalized spacial score (nSPS) is 12.1. The molecule has 2 aromatic heterocycles. The number of nitrogens with one attached hydrogen (secondary N) is 1. The van der Waals surface area contributed by atoms with Gasteiger partial charge in [-0.2, -0.15) is 0 Å². The molecular formula is C21H15F2N3. The lowest BCUT2D eigenvalue weighted by Crippen LogP contribution is -2.14. The van der Waals surface area contributed by atoms with Gasteiger partial charge in [0.15, 0.2) is 0 Å². The zero-order valence-corrected chi connectivity index (χ0v) is 13.7. The average molecular weight is 347 g/mol. The molecule has 0 bridgehead atoms. The highest BCUT2D eigenvalue weighted by Crippen LogP contribution is 2.31. The van der Waals surface area contributed by atoms with Crippen LogP contribution >= 0.6 is 0 Å². The molecule has 0 fully saturated rings. The van der Waals surface area contributed by atoms with E-state index in [1.165, 1.54) is 6.20 Å². The van der Waals surface area contributed by atoms with Crippen LogP contribution in [0, 0.1) is 11.6 Å². The fourth-order valence-electron chi connectivity index (χ4n) is 2.99. The summed E-state index contributed by atoms with van der Waals surface area (Å²) in [5.41, 5.74) is 2.21. The predicted molar refractivity (Wildman–Crippen MR) is 97.8 cm³/mol.